The smallest absolute Gasteiger partial charge is 0.241 e. The molecule has 0 aliphatic heterocycles. The van der Waals surface area contributed by atoms with Crippen LogP contribution in [0.2, 0.25) is 0 Å². The average molecular weight is 285 g/mol. The van der Waals surface area contributed by atoms with E-state index in [-0.39, 0.29) is 11.7 Å². The topological polar surface area (TPSA) is 88.2 Å². The Balaban J connectivity index is 2.00. The number of carbonyl (C=O) groups excluding carboxylic acids is 1. The number of aromatic hydroxyl groups is 1. The molecule has 21 heavy (non-hydrogen) atoms. The minimum atomic E-state index is -0.657. The highest BCUT2D eigenvalue weighted by Crippen LogP contribution is 2.14. The first kappa shape index (κ1) is 15.0. The fourth-order valence-electron chi connectivity index (χ4n) is 2.02. The number of phenols is 1. The van der Waals surface area contributed by atoms with Crippen LogP contribution >= 0.6 is 0 Å². The van der Waals surface area contributed by atoms with E-state index in [1.54, 1.807) is 24.3 Å². The maximum absolute atomic E-state index is 12.1. The van der Waals surface area contributed by atoms with Gasteiger partial charge < -0.3 is 16.2 Å². The van der Waals surface area contributed by atoms with Gasteiger partial charge in [-0.2, -0.15) is 0 Å². The summed E-state index contributed by atoms with van der Waals surface area (Å²) in [5.41, 5.74) is 9.16. The van der Waals surface area contributed by atoms with Crippen LogP contribution in [-0.4, -0.2) is 22.0 Å². The van der Waals surface area contributed by atoms with Gasteiger partial charge in [0.15, 0.2) is 0 Å². The summed E-state index contributed by atoms with van der Waals surface area (Å²) in [6.07, 6.45) is 0.407. The van der Waals surface area contributed by atoms with Crippen molar-refractivity contribution in [2.75, 3.05) is 5.32 Å². The van der Waals surface area contributed by atoms with E-state index in [0.717, 1.165) is 17.0 Å². The Kier molecular flexibility index (Phi) is 4.55. The molecule has 0 radical (unpaired) electrons. The van der Waals surface area contributed by atoms with Crippen molar-refractivity contribution in [3.8, 4) is 5.75 Å². The Morgan fingerprint density at radius 3 is 2.52 bits per heavy atom. The monoisotopic (exact) mass is 285 g/mol. The van der Waals surface area contributed by atoms with Crippen molar-refractivity contribution in [1.29, 1.82) is 0 Å². The molecule has 1 aromatic carbocycles. The zero-order valence-corrected chi connectivity index (χ0v) is 12.1. The third-order valence-electron chi connectivity index (χ3n) is 3.21. The van der Waals surface area contributed by atoms with Crippen LogP contribution in [0.1, 0.15) is 17.0 Å². The van der Waals surface area contributed by atoms with E-state index in [4.69, 9.17) is 5.73 Å². The average Bonchev–Trinajstić information content (AvgIpc) is 2.44. The molecule has 0 aliphatic rings. The van der Waals surface area contributed by atoms with Crippen molar-refractivity contribution in [1.82, 2.24) is 4.98 Å². The van der Waals surface area contributed by atoms with Gasteiger partial charge in [0.05, 0.1) is 17.4 Å². The quantitative estimate of drug-likeness (QED) is 0.800. The zero-order chi connectivity index (χ0) is 15.4. The lowest BCUT2D eigenvalue weighted by Crippen LogP contribution is -2.37. The summed E-state index contributed by atoms with van der Waals surface area (Å²) in [6, 6.07) is 9.66. The van der Waals surface area contributed by atoms with Gasteiger partial charge in [-0.3, -0.25) is 9.78 Å². The molecule has 1 amide bonds. The molecule has 1 aromatic heterocycles. The number of hydrogen-bond acceptors (Lipinski definition) is 4. The molecule has 0 fully saturated rings. The van der Waals surface area contributed by atoms with Crippen molar-refractivity contribution >= 4 is 11.6 Å². The van der Waals surface area contributed by atoms with E-state index in [1.165, 1.54) is 0 Å². The van der Waals surface area contributed by atoms with E-state index in [1.807, 2.05) is 26.0 Å². The number of nitrogens with one attached hydrogen (secondary N) is 1. The van der Waals surface area contributed by atoms with Crippen molar-refractivity contribution < 1.29 is 9.90 Å². The Morgan fingerprint density at radius 2 is 1.90 bits per heavy atom. The highest BCUT2D eigenvalue weighted by Gasteiger charge is 2.15. The number of anilines is 1. The normalized spacial score (nSPS) is 12.0. The van der Waals surface area contributed by atoms with E-state index in [2.05, 4.69) is 10.3 Å². The van der Waals surface area contributed by atoms with Crippen LogP contribution in [0.5, 0.6) is 5.75 Å². The molecule has 2 rings (SSSR count). The van der Waals surface area contributed by atoms with Crippen LogP contribution in [0.25, 0.3) is 0 Å². The number of nitrogens with two attached hydrogens (primary N) is 1. The van der Waals surface area contributed by atoms with Gasteiger partial charge in [-0.05, 0) is 50.1 Å². The number of aryl methyl sites for hydroxylation is 2. The molecular formula is C16H19N3O2. The van der Waals surface area contributed by atoms with Crippen LogP contribution < -0.4 is 11.1 Å². The Morgan fingerprint density at radius 1 is 1.24 bits per heavy atom. The predicted octanol–water partition coefficient (Wildman–Crippen LogP) is 1.91. The highest BCUT2D eigenvalue weighted by molar-refractivity contribution is 5.95. The Hall–Kier alpha value is -2.40. The largest absolute Gasteiger partial charge is 0.508 e. The molecule has 1 heterocycles. The van der Waals surface area contributed by atoms with Crippen molar-refractivity contribution in [2.24, 2.45) is 5.73 Å². The zero-order valence-electron chi connectivity index (χ0n) is 12.1. The summed E-state index contributed by atoms with van der Waals surface area (Å²) in [7, 11) is 0. The van der Waals surface area contributed by atoms with Gasteiger partial charge in [0, 0.05) is 5.69 Å². The molecule has 0 unspecified atom stereocenters. The van der Waals surface area contributed by atoms with Crippen LogP contribution in [0.3, 0.4) is 0 Å². The fourth-order valence-corrected chi connectivity index (χ4v) is 2.02. The molecule has 5 nitrogen and oxygen atoms in total. The third-order valence-corrected chi connectivity index (χ3v) is 3.21. The molecule has 0 saturated heterocycles. The summed E-state index contributed by atoms with van der Waals surface area (Å²) in [5, 5.41) is 12.0. The number of phenolic OH excluding ortho intramolecular Hbond substituents is 1. The maximum Gasteiger partial charge on any atom is 0.241 e. The second kappa shape index (κ2) is 6.37. The van der Waals surface area contributed by atoms with Gasteiger partial charge in [0.2, 0.25) is 5.91 Å². The van der Waals surface area contributed by atoms with Crippen molar-refractivity contribution in [2.45, 2.75) is 26.3 Å². The Bertz CT molecular complexity index is 638. The number of rotatable bonds is 4. The third kappa shape index (κ3) is 4.03. The van der Waals surface area contributed by atoms with Gasteiger partial charge in [0.25, 0.3) is 0 Å². The first-order valence-corrected chi connectivity index (χ1v) is 6.74. The van der Waals surface area contributed by atoms with Crippen LogP contribution in [0.15, 0.2) is 36.4 Å². The van der Waals surface area contributed by atoms with Crippen molar-refractivity contribution in [3.63, 3.8) is 0 Å². The van der Waals surface area contributed by atoms with Gasteiger partial charge in [0.1, 0.15) is 5.75 Å². The number of benzene rings is 1. The standard InChI is InChI=1S/C16H19N3O2/c1-10-3-8-15(11(2)18-10)19-16(21)14(17)9-12-4-6-13(20)7-5-12/h3-8,14,20H,9,17H2,1-2H3,(H,19,21)/t14-/m0/s1. The molecule has 4 N–H and O–H groups in total. The molecule has 0 saturated carbocycles. The summed E-state index contributed by atoms with van der Waals surface area (Å²) >= 11 is 0. The summed E-state index contributed by atoms with van der Waals surface area (Å²) in [4.78, 5) is 16.4. The van der Waals surface area contributed by atoms with Crippen LogP contribution in [-0.2, 0) is 11.2 Å². The molecule has 110 valence electrons. The van der Waals surface area contributed by atoms with Crippen LogP contribution in [0, 0.1) is 13.8 Å². The number of pyridine rings is 1. The second-order valence-corrected chi connectivity index (χ2v) is 5.05. The fraction of sp³-hybridized carbons (Fsp3) is 0.250. The minimum absolute atomic E-state index is 0.193. The van der Waals surface area contributed by atoms with Crippen molar-refractivity contribution in [3.05, 3.63) is 53.3 Å². The Labute approximate surface area is 123 Å². The number of hydrogen-bond donors (Lipinski definition) is 3. The highest BCUT2D eigenvalue weighted by atomic mass is 16.3. The first-order chi connectivity index (χ1) is 9.95. The number of carbonyl (C=O) groups is 1. The summed E-state index contributed by atoms with van der Waals surface area (Å²) in [5.74, 6) is -0.0602. The van der Waals surface area contributed by atoms with Gasteiger partial charge in [-0.25, -0.2) is 0 Å². The maximum atomic E-state index is 12.1. The number of amides is 1. The molecule has 0 spiro atoms. The summed E-state index contributed by atoms with van der Waals surface area (Å²) in [6.45, 7) is 3.74. The van der Waals surface area contributed by atoms with E-state index >= 15 is 0 Å². The number of aromatic nitrogens is 1. The lowest BCUT2D eigenvalue weighted by molar-refractivity contribution is -0.117. The van der Waals surface area contributed by atoms with Gasteiger partial charge >= 0.3 is 0 Å². The lowest BCUT2D eigenvalue weighted by atomic mass is 10.1. The molecule has 0 aliphatic carbocycles. The SMILES string of the molecule is Cc1ccc(NC(=O)[C@@H](N)Cc2ccc(O)cc2)c(C)n1. The molecule has 1 atom stereocenters. The molecule has 0 bridgehead atoms. The van der Waals surface area contributed by atoms with E-state index < -0.39 is 6.04 Å². The van der Waals surface area contributed by atoms with E-state index in [9.17, 15) is 9.90 Å². The van der Waals surface area contributed by atoms with E-state index in [0.29, 0.717) is 12.1 Å². The van der Waals surface area contributed by atoms with Gasteiger partial charge in [-0.15, -0.1) is 0 Å². The second-order valence-electron chi connectivity index (χ2n) is 5.05. The molecule has 5 heteroatoms. The molecule has 2 aromatic rings. The first-order valence-electron chi connectivity index (χ1n) is 6.74. The molecular weight excluding hydrogens is 266 g/mol. The van der Waals surface area contributed by atoms with Crippen LogP contribution in [0.4, 0.5) is 5.69 Å². The predicted molar refractivity (Wildman–Crippen MR) is 82.1 cm³/mol. The number of nitrogens with zero attached hydrogens (tertiary/aromatic N) is 1. The van der Waals surface area contributed by atoms with Gasteiger partial charge in [-0.1, -0.05) is 12.1 Å². The minimum Gasteiger partial charge on any atom is -0.508 e. The summed E-state index contributed by atoms with van der Waals surface area (Å²) < 4.78 is 0. The lowest BCUT2D eigenvalue weighted by Gasteiger charge is -2.14.